The predicted molar refractivity (Wildman–Crippen MR) is 310 cm³/mol. The number of carbonyl (C=O) groups excluding carboxylic acids is 3. The van der Waals surface area contributed by atoms with Crippen molar-refractivity contribution in [3.05, 3.63) is 155 Å². The van der Waals surface area contributed by atoms with Gasteiger partial charge in [0.05, 0.1) is 107 Å². The Kier molecular flexibility index (Phi) is 23.9. The van der Waals surface area contributed by atoms with Crippen molar-refractivity contribution in [3.63, 3.8) is 0 Å². The Hall–Kier alpha value is -6.16. The van der Waals surface area contributed by atoms with E-state index in [1.54, 1.807) is 35.2 Å². The summed E-state index contributed by atoms with van der Waals surface area (Å²) in [5, 5.41) is 28.9. The van der Waals surface area contributed by atoms with Gasteiger partial charge in [-0.2, -0.15) is 0 Å². The van der Waals surface area contributed by atoms with Gasteiger partial charge in [0.2, 0.25) is 17.7 Å². The fourth-order valence-electron chi connectivity index (χ4n) is 10.8. The molecule has 0 aromatic heterocycles. The van der Waals surface area contributed by atoms with Gasteiger partial charge in [-0.3, -0.25) is 14.4 Å². The number of ether oxygens (including phenoxy) is 5. The zero-order chi connectivity index (χ0) is 58.7. The number of halogens is 2. The molecule has 19 heteroatoms. The van der Waals surface area contributed by atoms with Crippen LogP contribution in [0.1, 0.15) is 111 Å². The lowest BCUT2D eigenvalue weighted by molar-refractivity contribution is -0.131. The van der Waals surface area contributed by atoms with Gasteiger partial charge in [-0.15, -0.1) is 0 Å². The Morgan fingerprint density at radius 2 is 1.33 bits per heavy atom. The molecule has 7 rings (SSSR count). The summed E-state index contributed by atoms with van der Waals surface area (Å²) in [5.41, 5.74) is 4.64. The van der Waals surface area contributed by atoms with E-state index in [2.05, 4.69) is 17.6 Å². The number of aliphatic hydroxyl groups excluding tert-OH is 2. The molecule has 1 saturated heterocycles. The minimum atomic E-state index is -3.73. The number of hydrogen-bond donors (Lipinski definition) is 4. The number of fused-ring (bicyclic) bond motifs is 1. The molecule has 4 N–H and O–H groups in total. The number of nitrogens with one attached hydrogen (secondary N) is 2. The van der Waals surface area contributed by atoms with Crippen LogP contribution in [0.2, 0.25) is 0 Å². The third-order valence-electron chi connectivity index (χ3n) is 15.4. The molecule has 0 spiro atoms. The van der Waals surface area contributed by atoms with Crippen molar-refractivity contribution in [1.82, 2.24) is 5.32 Å². The first kappa shape index (κ1) is 63.4. The topological polar surface area (TPSA) is 202 Å². The molecule has 5 aromatic rings. The Balaban J connectivity index is 0.719. The lowest BCUT2D eigenvalue weighted by Crippen LogP contribution is -2.55. The van der Waals surface area contributed by atoms with Crippen molar-refractivity contribution in [2.75, 3.05) is 101 Å². The summed E-state index contributed by atoms with van der Waals surface area (Å²) in [6.45, 7) is 7.41. The average Bonchev–Trinajstić information content (AvgIpc) is 3.63. The van der Waals surface area contributed by atoms with Crippen LogP contribution in [0.3, 0.4) is 0 Å². The minimum Gasteiger partial charge on any atom is -0.392 e. The quantitative estimate of drug-likeness (QED) is 0.0229. The van der Waals surface area contributed by atoms with Crippen LogP contribution in [-0.2, 0) is 54.4 Å². The largest absolute Gasteiger partial charge is 0.392 e. The van der Waals surface area contributed by atoms with Gasteiger partial charge in [0.15, 0.2) is 9.84 Å². The van der Waals surface area contributed by atoms with Crippen molar-refractivity contribution >= 4 is 44.6 Å². The molecule has 6 unspecified atom stereocenters. The highest BCUT2D eigenvalue weighted by Crippen LogP contribution is 2.50. The number of benzene rings is 5. The number of carbonyl (C=O) groups is 3. The van der Waals surface area contributed by atoms with Crippen LogP contribution in [0.25, 0.3) is 0 Å². The number of unbranched alkanes of at least 4 members (excludes halogenated alkanes) is 1. The van der Waals surface area contributed by atoms with Crippen molar-refractivity contribution in [1.29, 1.82) is 0 Å². The number of aliphatic hydroxyl groups is 2. The highest BCUT2D eigenvalue weighted by atomic mass is 32.2. The smallest absolute Gasteiger partial charge is 0.233 e. The van der Waals surface area contributed by atoms with Gasteiger partial charge in [-0.1, -0.05) is 75.2 Å². The summed E-state index contributed by atoms with van der Waals surface area (Å²) in [7, 11) is 0.0550. The molecule has 2 heterocycles. The van der Waals surface area contributed by atoms with Crippen LogP contribution >= 0.6 is 0 Å². The van der Waals surface area contributed by atoms with Gasteiger partial charge in [-0.05, 0) is 120 Å². The summed E-state index contributed by atoms with van der Waals surface area (Å²) >= 11 is 0. The molecule has 444 valence electrons. The molecule has 0 saturated carbocycles. The van der Waals surface area contributed by atoms with Gasteiger partial charge in [0, 0.05) is 55.5 Å². The second-order valence-corrected chi connectivity index (χ2v) is 23.2. The maximum absolute atomic E-state index is 14.0. The van der Waals surface area contributed by atoms with E-state index in [1.165, 1.54) is 36.4 Å². The molecule has 2 aliphatic heterocycles. The second kappa shape index (κ2) is 30.9. The molecular formula is C63H80F2N4O12S. The van der Waals surface area contributed by atoms with Crippen LogP contribution in [0.5, 0.6) is 0 Å². The molecule has 1 fully saturated rings. The van der Waals surface area contributed by atoms with Gasteiger partial charge >= 0.3 is 0 Å². The fourth-order valence-corrected chi connectivity index (χ4v) is 13.0. The molecular weight excluding hydrogens is 1070 g/mol. The van der Waals surface area contributed by atoms with E-state index in [-0.39, 0.29) is 60.5 Å². The molecule has 0 bridgehead atoms. The first-order valence-electron chi connectivity index (χ1n) is 28.4. The van der Waals surface area contributed by atoms with Gasteiger partial charge in [-0.25, -0.2) is 17.2 Å². The summed E-state index contributed by atoms with van der Waals surface area (Å²) in [4.78, 5) is 42.9. The monoisotopic (exact) mass is 1150 g/mol. The fraction of sp³-hybridized carbons (Fsp3) is 0.476. The average molecular weight is 1160 g/mol. The van der Waals surface area contributed by atoms with Gasteiger partial charge < -0.3 is 54.3 Å². The summed E-state index contributed by atoms with van der Waals surface area (Å²) in [6, 6.07) is 31.3. The highest BCUT2D eigenvalue weighted by Gasteiger charge is 2.50. The van der Waals surface area contributed by atoms with Crippen LogP contribution < -0.4 is 20.4 Å². The van der Waals surface area contributed by atoms with Crippen LogP contribution in [0.4, 0.5) is 25.8 Å². The Morgan fingerprint density at radius 1 is 0.744 bits per heavy atom. The van der Waals surface area contributed by atoms with Gasteiger partial charge in [0.1, 0.15) is 11.6 Å². The highest BCUT2D eigenvalue weighted by molar-refractivity contribution is 7.91. The van der Waals surface area contributed by atoms with E-state index in [0.29, 0.717) is 108 Å². The van der Waals surface area contributed by atoms with Crippen LogP contribution in [0, 0.1) is 23.0 Å². The molecule has 5 aromatic carbocycles. The molecule has 6 atom stereocenters. The third-order valence-corrected chi connectivity index (χ3v) is 17.4. The van der Waals surface area contributed by atoms with E-state index in [0.717, 1.165) is 35.2 Å². The van der Waals surface area contributed by atoms with Crippen molar-refractivity contribution < 1.29 is 65.5 Å². The maximum Gasteiger partial charge on any atom is 0.233 e. The first-order valence-corrected chi connectivity index (χ1v) is 30.1. The molecule has 0 radical (unpaired) electrons. The molecule has 16 nitrogen and oxygen atoms in total. The van der Waals surface area contributed by atoms with Crippen molar-refractivity contribution in [2.45, 2.75) is 101 Å². The van der Waals surface area contributed by atoms with Crippen molar-refractivity contribution in [3.8, 4) is 0 Å². The number of rotatable bonds is 33. The summed E-state index contributed by atoms with van der Waals surface area (Å²) in [6.07, 6.45) is 1.84. The van der Waals surface area contributed by atoms with E-state index in [4.69, 9.17) is 23.7 Å². The van der Waals surface area contributed by atoms with E-state index in [1.807, 2.05) is 74.4 Å². The zero-order valence-electron chi connectivity index (χ0n) is 47.5. The molecule has 3 amide bonds. The number of nitrogens with zero attached hydrogens (tertiary/aromatic N) is 2. The second-order valence-electron chi connectivity index (χ2n) is 21.3. The normalized spacial score (nSPS) is 19.7. The lowest BCUT2D eigenvalue weighted by Gasteiger charge is -2.48. The van der Waals surface area contributed by atoms with E-state index in [9.17, 15) is 41.8 Å². The summed E-state index contributed by atoms with van der Waals surface area (Å²) < 4.78 is 83.2. The van der Waals surface area contributed by atoms with Crippen molar-refractivity contribution in [2.24, 2.45) is 11.3 Å². The standard InChI is InChI=1S/C63H80F2N4O12S/c1-5-7-29-63(6-2)43-82(75,76)56-26-23-52(68(3)4)41-54(56)59(61(63)73)47-9-8-10-50(40-47)67-58(72)28-31-78-33-35-80-37-39-81-38-36-79-34-32-77-30-27-57(71)66-42-44-11-13-46(14-12-44)60-53(24-25-55(70)45-15-17-48(64)18-16-45)62(74)69(60)51-21-19-49(65)20-22-51/h8-23,26,40-41,53,55,59-61,70,73H,5-7,24-25,27-39,42-43H2,1-4H3,(H,66,71)(H,67,72). The number of sulfone groups is 1. The molecule has 2 aliphatic rings. The molecule has 82 heavy (non-hydrogen) atoms. The SMILES string of the molecule is CCCCC1(CC)CS(=O)(=O)c2ccc(N(C)C)cc2C(c2cccc(NC(=O)CCOCCOCCOCCOCCOCCC(=O)NCc3ccc(C4C(CCC(O)c5ccc(F)cc5)C(=O)N4c4ccc(F)cc4)cc3)c2)C1O. The third kappa shape index (κ3) is 17.2. The Morgan fingerprint density at radius 3 is 1.91 bits per heavy atom. The number of anilines is 3. The Bertz CT molecular complexity index is 2950. The van der Waals surface area contributed by atoms with E-state index >= 15 is 0 Å². The zero-order valence-corrected chi connectivity index (χ0v) is 48.4. The summed E-state index contributed by atoms with van der Waals surface area (Å²) in [5.74, 6) is -2.58. The Labute approximate surface area is 481 Å². The number of β-lactam (4-membered cyclic amide) rings is 1. The van der Waals surface area contributed by atoms with Crippen LogP contribution in [-0.4, -0.2) is 128 Å². The first-order chi connectivity index (χ1) is 39.5. The predicted octanol–water partition coefficient (Wildman–Crippen LogP) is 9.23. The number of hydrogen-bond acceptors (Lipinski definition) is 13. The van der Waals surface area contributed by atoms with E-state index < -0.39 is 50.9 Å². The lowest BCUT2D eigenvalue weighted by atomic mass is 9.69. The van der Waals surface area contributed by atoms with Crippen LogP contribution in [0.15, 0.2) is 120 Å². The maximum atomic E-state index is 14.0. The molecule has 0 aliphatic carbocycles. The number of amides is 3. The van der Waals surface area contributed by atoms with Gasteiger partial charge in [0.25, 0.3) is 0 Å². The minimum absolute atomic E-state index is 0.107.